The maximum absolute atomic E-state index is 12.7. The topological polar surface area (TPSA) is 94.1 Å². The molecule has 2 atom stereocenters. The molecule has 0 saturated carbocycles. The van der Waals surface area contributed by atoms with E-state index in [9.17, 15) is 14.3 Å². The summed E-state index contributed by atoms with van der Waals surface area (Å²) in [5.74, 6) is -0.373. The smallest absolute Gasteiger partial charge is 0.306 e. The number of carbonyl (C=O) groups is 1. The van der Waals surface area contributed by atoms with Crippen LogP contribution in [0.4, 0.5) is 0 Å². The number of esters is 1. The van der Waals surface area contributed by atoms with Crippen molar-refractivity contribution in [3.63, 3.8) is 0 Å². The Morgan fingerprint density at radius 1 is 0.571 bits per heavy atom. The van der Waals surface area contributed by atoms with Crippen LogP contribution in [-0.2, 0) is 27.9 Å². The molecule has 0 spiro atoms. The van der Waals surface area contributed by atoms with Crippen molar-refractivity contribution in [2.24, 2.45) is 0 Å². The highest BCUT2D eigenvalue weighted by Gasteiger charge is 2.20. The van der Waals surface area contributed by atoms with E-state index in [0.29, 0.717) is 24.1 Å². The number of ether oxygens (including phenoxy) is 2. The molecule has 2 unspecified atom stereocenters. The van der Waals surface area contributed by atoms with E-state index < -0.39 is 13.9 Å². The van der Waals surface area contributed by atoms with Crippen LogP contribution in [0.25, 0.3) is 0 Å². The maximum atomic E-state index is 12.7. The van der Waals surface area contributed by atoms with Crippen molar-refractivity contribution in [2.45, 2.75) is 193 Å². The highest BCUT2D eigenvalue weighted by molar-refractivity contribution is 7.45. The van der Waals surface area contributed by atoms with Crippen LogP contribution in [0.3, 0.4) is 0 Å². The molecule has 0 aromatic carbocycles. The molecule has 0 aliphatic rings. The molecule has 0 saturated heterocycles. The van der Waals surface area contributed by atoms with Gasteiger partial charge in [-0.3, -0.25) is 9.36 Å². The summed E-state index contributed by atoms with van der Waals surface area (Å²) in [5, 5.41) is 0. The lowest BCUT2D eigenvalue weighted by Crippen LogP contribution is -2.37. The van der Waals surface area contributed by atoms with Gasteiger partial charge in [-0.1, -0.05) is 178 Å². The van der Waals surface area contributed by atoms with E-state index in [1.807, 2.05) is 21.1 Å². The zero-order chi connectivity index (χ0) is 41.3. The van der Waals surface area contributed by atoms with Gasteiger partial charge in [-0.2, -0.15) is 0 Å². The van der Waals surface area contributed by atoms with Gasteiger partial charge in [0.2, 0.25) is 0 Å². The molecule has 8 nitrogen and oxygen atoms in total. The SMILES string of the molecule is CC/C=C\C/C=C\C/C=C\C/C=C\CCCCC(=O)OC(COCCCCCCCCCCCCCCCCCCCCC)COP(=O)([O-])OCC[N+](C)(C)C. The maximum Gasteiger partial charge on any atom is 0.306 e. The molecule has 0 radical (unpaired) electrons. The third-order valence-electron chi connectivity index (χ3n) is 9.64. The van der Waals surface area contributed by atoms with E-state index in [2.05, 4.69) is 62.5 Å². The average molecular weight is 810 g/mol. The quantitative estimate of drug-likeness (QED) is 0.0199. The Kier molecular flexibility index (Phi) is 39.1. The van der Waals surface area contributed by atoms with Gasteiger partial charge >= 0.3 is 5.97 Å². The Morgan fingerprint density at radius 3 is 1.52 bits per heavy atom. The van der Waals surface area contributed by atoms with Gasteiger partial charge in [0.25, 0.3) is 7.82 Å². The number of unbranched alkanes of at least 4 members (excludes halogenated alkanes) is 20. The van der Waals surface area contributed by atoms with Crippen LogP contribution < -0.4 is 4.89 Å². The van der Waals surface area contributed by atoms with Crippen molar-refractivity contribution < 1.29 is 37.3 Å². The summed E-state index contributed by atoms with van der Waals surface area (Å²) in [4.78, 5) is 25.0. The second-order valence-electron chi connectivity index (χ2n) is 16.4. The van der Waals surface area contributed by atoms with E-state index >= 15 is 0 Å². The molecule has 328 valence electrons. The first-order valence-electron chi connectivity index (χ1n) is 22.9. The van der Waals surface area contributed by atoms with Crippen molar-refractivity contribution in [1.29, 1.82) is 0 Å². The van der Waals surface area contributed by atoms with E-state index in [1.54, 1.807) is 0 Å². The van der Waals surface area contributed by atoms with E-state index in [-0.39, 0.29) is 32.2 Å². The summed E-state index contributed by atoms with van der Waals surface area (Å²) in [5.41, 5.74) is 0. The van der Waals surface area contributed by atoms with Crippen LogP contribution in [0.15, 0.2) is 48.6 Å². The lowest BCUT2D eigenvalue weighted by Gasteiger charge is -2.28. The van der Waals surface area contributed by atoms with Crippen LogP contribution in [0.5, 0.6) is 0 Å². The minimum Gasteiger partial charge on any atom is -0.756 e. The standard InChI is InChI=1S/C47H88NO7P/c1-6-8-10-12-14-16-18-20-22-23-24-25-27-29-31-33-35-37-39-42-52-44-46(45-54-56(50,51)53-43-41-48(3,4)5)55-47(49)40-38-36-34-32-30-28-26-21-19-17-15-13-11-9-7-2/h9,11,15,17,21,26,30,32,46H,6-8,10,12-14,16,18-20,22-25,27-29,31,33-45H2,1-5H3/b11-9-,17-15-,26-21-,32-30-. The Hall–Kier alpha value is -1.54. The fourth-order valence-electron chi connectivity index (χ4n) is 6.13. The highest BCUT2D eigenvalue weighted by atomic mass is 31.2. The highest BCUT2D eigenvalue weighted by Crippen LogP contribution is 2.38. The van der Waals surface area contributed by atoms with Gasteiger partial charge in [0.15, 0.2) is 0 Å². The van der Waals surface area contributed by atoms with Crippen molar-refractivity contribution in [2.75, 3.05) is 54.1 Å². The first-order chi connectivity index (χ1) is 27.1. The number of hydrogen-bond donors (Lipinski definition) is 0. The summed E-state index contributed by atoms with van der Waals surface area (Å²) >= 11 is 0. The van der Waals surface area contributed by atoms with E-state index in [4.69, 9.17) is 18.5 Å². The molecule has 0 N–H and O–H groups in total. The number of allylic oxidation sites excluding steroid dienone is 8. The number of nitrogens with zero attached hydrogens (tertiary/aromatic N) is 1. The van der Waals surface area contributed by atoms with Gasteiger partial charge in [-0.05, 0) is 51.4 Å². The number of quaternary nitrogens is 1. The Bertz CT molecular complexity index is 1040. The predicted molar refractivity (Wildman–Crippen MR) is 236 cm³/mol. The number of phosphoric ester groups is 1. The van der Waals surface area contributed by atoms with Gasteiger partial charge in [0, 0.05) is 13.0 Å². The van der Waals surface area contributed by atoms with Crippen LogP contribution in [0.2, 0.25) is 0 Å². The molecule has 0 amide bonds. The summed E-state index contributed by atoms with van der Waals surface area (Å²) in [6, 6.07) is 0. The van der Waals surface area contributed by atoms with Crippen LogP contribution in [0.1, 0.15) is 187 Å². The lowest BCUT2D eigenvalue weighted by molar-refractivity contribution is -0.870. The molecule has 0 bridgehead atoms. The van der Waals surface area contributed by atoms with Crippen molar-refractivity contribution in [3.8, 4) is 0 Å². The number of likely N-dealkylation sites (N-methyl/N-ethyl adjacent to an activating group) is 1. The molecule has 0 aliphatic carbocycles. The Balaban J connectivity index is 4.23. The molecule has 56 heavy (non-hydrogen) atoms. The second-order valence-corrected chi connectivity index (χ2v) is 17.8. The van der Waals surface area contributed by atoms with Crippen molar-refractivity contribution >= 4 is 13.8 Å². The monoisotopic (exact) mass is 810 g/mol. The molecule has 0 fully saturated rings. The van der Waals surface area contributed by atoms with Gasteiger partial charge in [0.1, 0.15) is 19.3 Å². The van der Waals surface area contributed by atoms with E-state index in [0.717, 1.165) is 51.4 Å². The second kappa shape index (κ2) is 40.2. The normalized spacial score (nSPS) is 14.2. The van der Waals surface area contributed by atoms with Gasteiger partial charge in [-0.25, -0.2) is 0 Å². The van der Waals surface area contributed by atoms with E-state index in [1.165, 1.54) is 109 Å². The molecule has 0 rings (SSSR count). The largest absolute Gasteiger partial charge is 0.756 e. The van der Waals surface area contributed by atoms with Gasteiger partial charge in [-0.15, -0.1) is 0 Å². The third kappa shape index (κ3) is 43.6. The summed E-state index contributed by atoms with van der Waals surface area (Å²) < 4.78 is 34.6. The minimum absolute atomic E-state index is 0.0178. The van der Waals surface area contributed by atoms with Gasteiger partial charge < -0.3 is 27.9 Å². The summed E-state index contributed by atoms with van der Waals surface area (Å²) in [7, 11) is 1.33. The fourth-order valence-corrected chi connectivity index (χ4v) is 6.85. The average Bonchev–Trinajstić information content (AvgIpc) is 3.15. The first kappa shape index (κ1) is 54.5. The first-order valence-corrected chi connectivity index (χ1v) is 24.3. The zero-order valence-electron chi connectivity index (χ0n) is 37.1. The van der Waals surface area contributed by atoms with Crippen molar-refractivity contribution in [1.82, 2.24) is 0 Å². The molecule has 0 heterocycles. The number of phosphoric acid groups is 1. The lowest BCUT2D eigenvalue weighted by atomic mass is 10.0. The Morgan fingerprint density at radius 2 is 1.04 bits per heavy atom. The van der Waals surface area contributed by atoms with Crippen molar-refractivity contribution in [3.05, 3.63) is 48.6 Å². The van der Waals surface area contributed by atoms with Crippen LogP contribution >= 0.6 is 7.82 Å². The van der Waals surface area contributed by atoms with Crippen LogP contribution in [0, 0.1) is 0 Å². The number of hydrogen-bond acceptors (Lipinski definition) is 7. The number of rotatable bonds is 42. The molecule has 0 aliphatic heterocycles. The number of carbonyl (C=O) groups excluding carboxylic acids is 1. The van der Waals surface area contributed by atoms with Gasteiger partial charge in [0.05, 0.1) is 34.4 Å². The Labute approximate surface area is 346 Å². The third-order valence-corrected chi connectivity index (χ3v) is 10.6. The molecular weight excluding hydrogens is 721 g/mol. The minimum atomic E-state index is -4.54. The zero-order valence-corrected chi connectivity index (χ0v) is 38.0. The summed E-state index contributed by atoms with van der Waals surface area (Å²) in [6.07, 6.45) is 48.5. The molecule has 0 aromatic heterocycles. The molecule has 0 aromatic rings. The predicted octanol–water partition coefficient (Wildman–Crippen LogP) is 12.9. The summed E-state index contributed by atoms with van der Waals surface area (Å²) in [6.45, 7) is 5.26. The molecule has 9 heteroatoms. The molecular formula is C47H88NO7P. The fraction of sp³-hybridized carbons (Fsp3) is 0.809. The van der Waals surface area contributed by atoms with Crippen LogP contribution in [-0.4, -0.2) is 70.7 Å².